The number of amides is 1. The van der Waals surface area contributed by atoms with Gasteiger partial charge in [-0.2, -0.15) is 5.48 Å². The van der Waals surface area contributed by atoms with E-state index >= 15 is 0 Å². The molecule has 1 aliphatic carbocycles. The van der Waals surface area contributed by atoms with Gasteiger partial charge in [-0.1, -0.05) is 19.8 Å². The molecule has 2 N–H and O–H groups in total. The molecule has 1 saturated heterocycles. The van der Waals surface area contributed by atoms with Gasteiger partial charge in [0.15, 0.2) is 29.5 Å². The molecule has 1 fully saturated rings. The van der Waals surface area contributed by atoms with Crippen LogP contribution in [-0.2, 0) is 23.8 Å². The maximum Gasteiger partial charge on any atom is 0.436 e. The van der Waals surface area contributed by atoms with E-state index in [1.54, 1.807) is 19.9 Å². The molecule has 2 heterocycles. The molecule has 1 aromatic carbocycles. The van der Waals surface area contributed by atoms with Crippen LogP contribution in [0.3, 0.4) is 0 Å². The Morgan fingerprint density at radius 2 is 2.02 bits per heavy atom. The lowest BCUT2D eigenvalue weighted by Gasteiger charge is -2.38. The lowest BCUT2D eigenvalue weighted by Crippen LogP contribution is -2.38. The molecule has 12 nitrogen and oxygen atoms in total. The summed E-state index contributed by atoms with van der Waals surface area (Å²) in [5, 5.41) is 10.9. The first-order valence-electron chi connectivity index (χ1n) is 13.7. The average Bonchev–Trinajstić information content (AvgIpc) is 2.93. The topological polar surface area (TPSA) is 152 Å². The van der Waals surface area contributed by atoms with Gasteiger partial charge in [-0.05, 0) is 50.7 Å². The number of allylic oxidation sites excluding steroid dienone is 1. The van der Waals surface area contributed by atoms with Crippen molar-refractivity contribution in [3.05, 3.63) is 45.2 Å². The number of esters is 1. The van der Waals surface area contributed by atoms with E-state index in [4.69, 9.17) is 39.4 Å². The second-order valence-electron chi connectivity index (χ2n) is 10.7. The van der Waals surface area contributed by atoms with E-state index in [1.165, 1.54) is 6.07 Å². The Labute approximate surface area is 242 Å². The number of carbonyl (C=O) groups is 2. The number of rotatable bonds is 9. The van der Waals surface area contributed by atoms with E-state index < -0.39 is 41.4 Å². The van der Waals surface area contributed by atoms with E-state index in [-0.39, 0.29) is 41.1 Å². The van der Waals surface area contributed by atoms with Gasteiger partial charge >= 0.3 is 17.7 Å². The zero-order valence-corrected chi connectivity index (χ0v) is 24.1. The van der Waals surface area contributed by atoms with Crippen molar-refractivity contribution in [1.82, 2.24) is 5.48 Å². The third kappa shape index (κ3) is 6.98. The predicted molar refractivity (Wildman–Crippen MR) is 148 cm³/mol. The van der Waals surface area contributed by atoms with Gasteiger partial charge in [-0.15, -0.1) is 6.42 Å². The van der Waals surface area contributed by atoms with E-state index in [0.29, 0.717) is 37.2 Å². The number of fused-ring (bicyclic) bond motifs is 1. The standard InChI is InChI=1S/C30H35NO11/c1-6-13-38-31-29(35)40-21-16-30(4,5)15-20(26(21)41-22-10-8-9-14-37-22)39-19-12-11-18-24(32)23(27(33)36-7-2)28(34)42-25(18)17(19)3/h1,11-12,20,22,32H,7-10,13-16H2,2-5H3,(H,31,35)/t20-,22?/m1/s1. The highest BCUT2D eigenvalue weighted by Gasteiger charge is 2.40. The molecule has 0 spiro atoms. The van der Waals surface area contributed by atoms with Crippen molar-refractivity contribution >= 4 is 23.0 Å². The van der Waals surface area contributed by atoms with Crippen molar-refractivity contribution in [3.63, 3.8) is 0 Å². The number of hydrogen-bond donors (Lipinski definition) is 2. The Bertz CT molecular complexity index is 1460. The molecule has 2 atom stereocenters. The van der Waals surface area contributed by atoms with Crippen LogP contribution in [0.15, 0.2) is 32.9 Å². The Morgan fingerprint density at radius 3 is 2.71 bits per heavy atom. The molecule has 1 aromatic heterocycles. The van der Waals surface area contributed by atoms with E-state index in [2.05, 4.69) is 11.4 Å². The molecule has 1 aliphatic heterocycles. The van der Waals surface area contributed by atoms with Gasteiger partial charge in [0.25, 0.3) is 0 Å². The number of hydroxylamine groups is 1. The summed E-state index contributed by atoms with van der Waals surface area (Å²) in [4.78, 5) is 42.3. The number of carbonyl (C=O) groups excluding carboxylic acids is 2. The first-order chi connectivity index (χ1) is 20.0. The van der Waals surface area contributed by atoms with Gasteiger partial charge in [0, 0.05) is 18.4 Å². The van der Waals surface area contributed by atoms with Crippen LogP contribution in [-0.4, -0.2) is 49.4 Å². The third-order valence-corrected chi connectivity index (χ3v) is 6.86. The van der Waals surface area contributed by atoms with Crippen LogP contribution in [0.2, 0.25) is 0 Å². The van der Waals surface area contributed by atoms with Crippen LogP contribution in [0.1, 0.15) is 68.8 Å². The Balaban J connectivity index is 1.72. The molecule has 1 amide bonds. The lowest BCUT2D eigenvalue weighted by atomic mass is 9.78. The van der Waals surface area contributed by atoms with Crippen molar-refractivity contribution in [3.8, 4) is 23.8 Å². The molecule has 226 valence electrons. The highest BCUT2D eigenvalue weighted by atomic mass is 16.7. The second kappa shape index (κ2) is 13.2. The zero-order valence-electron chi connectivity index (χ0n) is 24.1. The fourth-order valence-corrected chi connectivity index (χ4v) is 4.94. The number of nitrogens with one attached hydrogen (secondary N) is 1. The van der Waals surface area contributed by atoms with Crippen LogP contribution < -0.4 is 15.8 Å². The highest BCUT2D eigenvalue weighted by Crippen LogP contribution is 2.43. The second-order valence-corrected chi connectivity index (χ2v) is 10.7. The summed E-state index contributed by atoms with van der Waals surface area (Å²) in [6.45, 7) is 7.64. The maximum absolute atomic E-state index is 12.6. The third-order valence-electron chi connectivity index (χ3n) is 6.86. The van der Waals surface area contributed by atoms with Crippen molar-refractivity contribution in [2.45, 2.75) is 72.2 Å². The summed E-state index contributed by atoms with van der Waals surface area (Å²) < 4.78 is 34.5. The minimum atomic E-state index is -1.04. The molecule has 0 bridgehead atoms. The largest absolute Gasteiger partial charge is 0.506 e. The van der Waals surface area contributed by atoms with Crippen LogP contribution in [0, 0.1) is 24.7 Å². The monoisotopic (exact) mass is 585 g/mol. The smallest absolute Gasteiger partial charge is 0.436 e. The molecule has 0 saturated carbocycles. The quantitative estimate of drug-likeness (QED) is 0.140. The Hall–Kier alpha value is -4.21. The molecule has 2 aromatic rings. The van der Waals surface area contributed by atoms with Gasteiger partial charge in [0.05, 0.1) is 18.6 Å². The number of hydrogen-bond acceptors (Lipinski definition) is 11. The summed E-state index contributed by atoms with van der Waals surface area (Å²) in [6, 6.07) is 3.07. The van der Waals surface area contributed by atoms with Gasteiger partial charge in [0.2, 0.25) is 0 Å². The number of benzene rings is 1. The Kier molecular flexibility index (Phi) is 9.65. The summed E-state index contributed by atoms with van der Waals surface area (Å²) in [5.74, 6) is 1.58. The summed E-state index contributed by atoms with van der Waals surface area (Å²) in [6.07, 6.45) is 6.29. The fourth-order valence-electron chi connectivity index (χ4n) is 4.94. The van der Waals surface area contributed by atoms with Crippen LogP contribution in [0.25, 0.3) is 11.0 Å². The zero-order chi connectivity index (χ0) is 30.4. The molecule has 0 radical (unpaired) electrons. The maximum atomic E-state index is 12.6. The molecule has 42 heavy (non-hydrogen) atoms. The molecule has 2 aliphatic rings. The molecular weight excluding hydrogens is 550 g/mol. The van der Waals surface area contributed by atoms with Gasteiger partial charge < -0.3 is 33.2 Å². The van der Waals surface area contributed by atoms with Crippen molar-refractivity contribution in [2.75, 3.05) is 19.8 Å². The number of terminal acetylenes is 1. The number of aryl methyl sites for hydroxylation is 1. The van der Waals surface area contributed by atoms with Gasteiger partial charge in [-0.25, -0.2) is 14.4 Å². The summed E-state index contributed by atoms with van der Waals surface area (Å²) >= 11 is 0. The van der Waals surface area contributed by atoms with E-state index in [9.17, 15) is 19.5 Å². The van der Waals surface area contributed by atoms with Crippen molar-refractivity contribution < 1.29 is 47.6 Å². The lowest BCUT2D eigenvalue weighted by molar-refractivity contribution is -0.153. The predicted octanol–water partition coefficient (Wildman–Crippen LogP) is 4.60. The van der Waals surface area contributed by atoms with Gasteiger partial charge in [-0.3, -0.25) is 4.84 Å². The van der Waals surface area contributed by atoms with Gasteiger partial charge in [0.1, 0.15) is 23.7 Å². The van der Waals surface area contributed by atoms with E-state index in [0.717, 1.165) is 12.8 Å². The van der Waals surface area contributed by atoms with Crippen molar-refractivity contribution in [2.24, 2.45) is 5.41 Å². The van der Waals surface area contributed by atoms with Crippen LogP contribution in [0.4, 0.5) is 4.79 Å². The summed E-state index contributed by atoms with van der Waals surface area (Å²) in [7, 11) is 0. The molecule has 4 rings (SSSR count). The highest BCUT2D eigenvalue weighted by molar-refractivity contribution is 5.99. The van der Waals surface area contributed by atoms with Crippen LogP contribution in [0.5, 0.6) is 11.5 Å². The van der Waals surface area contributed by atoms with Crippen molar-refractivity contribution in [1.29, 1.82) is 0 Å². The first-order valence-corrected chi connectivity index (χ1v) is 13.7. The average molecular weight is 586 g/mol. The molecule has 12 heteroatoms. The summed E-state index contributed by atoms with van der Waals surface area (Å²) in [5.41, 5.74) is 0.583. The number of ether oxygens (including phenoxy) is 5. The minimum Gasteiger partial charge on any atom is -0.506 e. The Morgan fingerprint density at radius 1 is 1.24 bits per heavy atom. The SMILES string of the molecule is C#CCONC(=O)OC1=C(OC2CCCCO2)[C@H](Oc2ccc3c(O)c(C(=O)OCC)c(=O)oc3c2C)CC(C)(C)C1. The molecule has 1 unspecified atom stereocenters. The normalized spacial score (nSPS) is 20.0. The number of aromatic hydroxyl groups is 1. The van der Waals surface area contributed by atoms with Crippen LogP contribution >= 0.6 is 0 Å². The first kappa shape index (κ1) is 30.7. The fraction of sp³-hybridized carbons (Fsp3) is 0.500. The van der Waals surface area contributed by atoms with E-state index in [1.807, 2.05) is 13.8 Å². The minimum absolute atomic E-state index is 0.0222. The molecular formula is C30H35NO11.